The molecule has 0 atom stereocenters. The van der Waals surface area contributed by atoms with Crippen LogP contribution in [0.4, 0.5) is 0 Å². The van der Waals surface area contributed by atoms with Crippen molar-refractivity contribution in [3.05, 3.63) is 71.9 Å². The molecule has 0 unspecified atom stereocenters. The molecule has 0 saturated heterocycles. The molecule has 3 aromatic rings. The maximum Gasteiger partial charge on any atom is 0.238 e. The predicted molar refractivity (Wildman–Crippen MR) is 85.3 cm³/mol. The van der Waals surface area contributed by atoms with Gasteiger partial charge in [0, 0.05) is 29.2 Å². The molecule has 1 heterocycles. The summed E-state index contributed by atoms with van der Waals surface area (Å²) in [5.41, 5.74) is 2.60. The normalized spacial score (nSPS) is 10.1. The van der Waals surface area contributed by atoms with Crippen LogP contribution in [0, 0.1) is 11.8 Å². The lowest BCUT2D eigenvalue weighted by Gasteiger charge is -1.97. The van der Waals surface area contributed by atoms with Crippen molar-refractivity contribution in [2.45, 2.75) is 13.5 Å². The minimum Gasteiger partial charge on any atom is -0.347 e. The van der Waals surface area contributed by atoms with Gasteiger partial charge in [-0.2, -0.15) is 0 Å². The second kappa shape index (κ2) is 5.68. The number of hydrogen-bond acceptors (Lipinski definition) is 1. The number of ketones is 1. The lowest BCUT2D eigenvalue weighted by atomic mass is 10.1. The average Bonchev–Trinajstić information content (AvgIpc) is 2.92. The third-order valence-electron chi connectivity index (χ3n) is 3.47. The second-order valence-electron chi connectivity index (χ2n) is 4.79. The number of hydrogen-bond donors (Lipinski definition) is 0. The third-order valence-corrected chi connectivity index (χ3v) is 3.47. The van der Waals surface area contributed by atoms with E-state index in [1.165, 1.54) is 0 Å². The molecule has 0 aliphatic heterocycles. The molecule has 3 rings (SSSR count). The molecule has 21 heavy (non-hydrogen) atoms. The number of carbonyl (C=O) groups is 1. The molecule has 0 spiro atoms. The molecular weight excluding hydrogens is 258 g/mol. The molecule has 0 fully saturated rings. The van der Waals surface area contributed by atoms with Crippen molar-refractivity contribution in [3.8, 4) is 11.8 Å². The highest BCUT2D eigenvalue weighted by Gasteiger charge is 2.12. The number of aryl methyl sites for hydroxylation is 1. The Hall–Kier alpha value is -2.79. The van der Waals surface area contributed by atoms with E-state index in [0.29, 0.717) is 5.56 Å². The maximum atomic E-state index is 12.4. The molecule has 0 aliphatic carbocycles. The first-order valence-corrected chi connectivity index (χ1v) is 6.99. The Morgan fingerprint density at radius 3 is 2.52 bits per heavy atom. The van der Waals surface area contributed by atoms with Gasteiger partial charge in [-0.05, 0) is 31.0 Å². The Labute approximate surface area is 124 Å². The van der Waals surface area contributed by atoms with E-state index in [0.717, 1.165) is 23.0 Å². The predicted octanol–water partition coefficient (Wildman–Crippen LogP) is 3.90. The van der Waals surface area contributed by atoms with Gasteiger partial charge in [0.15, 0.2) is 0 Å². The first-order valence-electron chi connectivity index (χ1n) is 6.99. The molecule has 1 aromatic heterocycles. The van der Waals surface area contributed by atoms with Crippen molar-refractivity contribution < 1.29 is 4.79 Å². The highest BCUT2D eigenvalue weighted by Crippen LogP contribution is 2.21. The van der Waals surface area contributed by atoms with Gasteiger partial charge in [-0.25, -0.2) is 0 Å². The number of fused-ring (bicyclic) bond motifs is 1. The highest BCUT2D eigenvalue weighted by atomic mass is 16.1. The van der Waals surface area contributed by atoms with Gasteiger partial charge in [-0.3, -0.25) is 4.79 Å². The van der Waals surface area contributed by atoms with E-state index in [2.05, 4.69) is 23.3 Å². The van der Waals surface area contributed by atoms with Gasteiger partial charge in [0.1, 0.15) is 0 Å². The molecule has 2 aromatic carbocycles. The van der Waals surface area contributed by atoms with E-state index in [1.807, 2.05) is 60.8 Å². The summed E-state index contributed by atoms with van der Waals surface area (Å²) in [6.45, 7) is 2.90. The Morgan fingerprint density at radius 1 is 1.05 bits per heavy atom. The fraction of sp³-hybridized carbons (Fsp3) is 0.105. The Balaban J connectivity index is 2.01. The van der Waals surface area contributed by atoms with Gasteiger partial charge in [0.05, 0.1) is 5.56 Å². The summed E-state index contributed by atoms with van der Waals surface area (Å²) in [7, 11) is 0. The summed E-state index contributed by atoms with van der Waals surface area (Å²) in [5.74, 6) is 5.53. The van der Waals surface area contributed by atoms with Crippen LogP contribution in [0.25, 0.3) is 10.9 Å². The number of Topliss-reactive ketones (excluding diaryl/α,β-unsaturated/α-hetero) is 1. The minimum absolute atomic E-state index is 0.137. The maximum absolute atomic E-state index is 12.4. The third kappa shape index (κ3) is 2.59. The topological polar surface area (TPSA) is 22.0 Å². The van der Waals surface area contributed by atoms with Gasteiger partial charge >= 0.3 is 0 Å². The molecular formula is C19H15NO. The van der Waals surface area contributed by atoms with E-state index < -0.39 is 0 Å². The number of rotatable bonds is 2. The van der Waals surface area contributed by atoms with Crippen LogP contribution in [0.3, 0.4) is 0 Å². The SMILES string of the molecule is CCn1cc(C(=O)C#Cc2ccccc2)c2ccccc21. The van der Waals surface area contributed by atoms with E-state index in [9.17, 15) is 4.79 Å². The van der Waals surface area contributed by atoms with Crippen LogP contribution in [0.1, 0.15) is 22.8 Å². The van der Waals surface area contributed by atoms with E-state index in [-0.39, 0.29) is 5.78 Å². The van der Waals surface area contributed by atoms with Crippen molar-refractivity contribution >= 4 is 16.7 Å². The van der Waals surface area contributed by atoms with Gasteiger partial charge < -0.3 is 4.57 Å². The van der Waals surface area contributed by atoms with Crippen LogP contribution in [0.2, 0.25) is 0 Å². The number of benzene rings is 2. The van der Waals surface area contributed by atoms with Crippen molar-refractivity contribution in [2.24, 2.45) is 0 Å². The molecule has 0 radical (unpaired) electrons. The first-order chi connectivity index (χ1) is 10.3. The molecule has 0 amide bonds. The molecule has 0 N–H and O–H groups in total. The smallest absolute Gasteiger partial charge is 0.238 e. The summed E-state index contributed by atoms with van der Waals surface area (Å²) in [4.78, 5) is 12.4. The number of carbonyl (C=O) groups excluding carboxylic acids is 1. The standard InChI is InChI=1S/C19H15NO/c1-2-20-14-17(16-10-6-7-11-18(16)20)19(21)13-12-15-8-4-3-5-9-15/h3-11,14H,2H2,1H3. The fourth-order valence-corrected chi connectivity index (χ4v) is 2.41. The molecule has 2 heteroatoms. The number of para-hydroxylation sites is 1. The Morgan fingerprint density at radius 2 is 1.76 bits per heavy atom. The molecule has 2 nitrogen and oxygen atoms in total. The van der Waals surface area contributed by atoms with E-state index >= 15 is 0 Å². The van der Waals surface area contributed by atoms with Crippen LogP contribution in [-0.2, 0) is 6.54 Å². The Kier molecular flexibility index (Phi) is 3.57. The van der Waals surface area contributed by atoms with E-state index in [1.54, 1.807) is 0 Å². The largest absolute Gasteiger partial charge is 0.347 e. The second-order valence-corrected chi connectivity index (χ2v) is 4.79. The minimum atomic E-state index is -0.137. The zero-order valence-electron chi connectivity index (χ0n) is 11.8. The van der Waals surface area contributed by atoms with Gasteiger partial charge in [0.2, 0.25) is 5.78 Å². The van der Waals surface area contributed by atoms with Crippen molar-refractivity contribution in [1.82, 2.24) is 4.57 Å². The van der Waals surface area contributed by atoms with Gasteiger partial charge in [-0.15, -0.1) is 0 Å². The fourth-order valence-electron chi connectivity index (χ4n) is 2.41. The van der Waals surface area contributed by atoms with Crippen molar-refractivity contribution in [1.29, 1.82) is 0 Å². The zero-order chi connectivity index (χ0) is 14.7. The summed E-state index contributed by atoms with van der Waals surface area (Å²) >= 11 is 0. The van der Waals surface area contributed by atoms with Crippen molar-refractivity contribution in [2.75, 3.05) is 0 Å². The summed E-state index contributed by atoms with van der Waals surface area (Å²) in [6, 6.07) is 17.5. The average molecular weight is 273 g/mol. The summed E-state index contributed by atoms with van der Waals surface area (Å²) < 4.78 is 2.08. The lowest BCUT2D eigenvalue weighted by Crippen LogP contribution is -1.94. The van der Waals surface area contributed by atoms with Crippen LogP contribution in [-0.4, -0.2) is 10.4 Å². The quantitative estimate of drug-likeness (QED) is 0.513. The number of nitrogens with zero attached hydrogens (tertiary/aromatic N) is 1. The van der Waals surface area contributed by atoms with Crippen LogP contribution in [0.15, 0.2) is 60.8 Å². The molecule has 0 aliphatic rings. The zero-order valence-corrected chi connectivity index (χ0v) is 11.8. The highest BCUT2D eigenvalue weighted by molar-refractivity contribution is 6.16. The summed E-state index contributed by atoms with van der Waals surface area (Å²) in [6.07, 6.45) is 1.90. The van der Waals surface area contributed by atoms with Crippen molar-refractivity contribution in [3.63, 3.8) is 0 Å². The lowest BCUT2D eigenvalue weighted by molar-refractivity contribution is 0.105. The molecule has 0 bridgehead atoms. The van der Waals surface area contributed by atoms with Gasteiger partial charge in [0.25, 0.3) is 0 Å². The summed E-state index contributed by atoms with van der Waals surface area (Å²) in [5, 5.41) is 0.965. The number of aromatic nitrogens is 1. The van der Waals surface area contributed by atoms with Crippen LogP contribution in [0.5, 0.6) is 0 Å². The van der Waals surface area contributed by atoms with E-state index in [4.69, 9.17) is 0 Å². The molecule has 102 valence electrons. The molecule has 0 saturated carbocycles. The monoisotopic (exact) mass is 273 g/mol. The Bertz CT molecular complexity index is 847. The first kappa shape index (κ1) is 13.2. The van der Waals surface area contributed by atoms with Gasteiger partial charge in [-0.1, -0.05) is 42.3 Å². The van der Waals surface area contributed by atoms with Crippen LogP contribution < -0.4 is 0 Å². The van der Waals surface area contributed by atoms with Crippen LogP contribution >= 0.6 is 0 Å².